The number of benzene rings is 1. The molecule has 150 valence electrons. The second-order valence-corrected chi connectivity index (χ2v) is 6.23. The van der Waals surface area contributed by atoms with Gasteiger partial charge in [0.05, 0.1) is 19.1 Å². The zero-order chi connectivity index (χ0) is 19.9. The van der Waals surface area contributed by atoms with Crippen molar-refractivity contribution in [3.05, 3.63) is 29.8 Å². The summed E-state index contributed by atoms with van der Waals surface area (Å²) in [5, 5.41) is 2.61. The van der Waals surface area contributed by atoms with Crippen LogP contribution >= 0.6 is 0 Å². The molecule has 1 aliphatic rings. The van der Waals surface area contributed by atoms with E-state index in [4.69, 9.17) is 4.74 Å². The first kappa shape index (κ1) is 21.0. The number of nitrogens with one attached hydrogen (secondary N) is 1. The van der Waals surface area contributed by atoms with Crippen LogP contribution in [0.5, 0.6) is 5.75 Å². The third-order valence-corrected chi connectivity index (χ3v) is 4.25. The fourth-order valence-electron chi connectivity index (χ4n) is 2.91. The molecule has 1 aromatic rings. The Hall–Kier alpha value is -2.29. The van der Waals surface area contributed by atoms with Crippen LogP contribution in [0.25, 0.3) is 0 Å². The molecule has 0 saturated carbocycles. The van der Waals surface area contributed by atoms with Gasteiger partial charge in [0, 0.05) is 12.1 Å². The maximum atomic E-state index is 12.4. The Morgan fingerprint density at radius 1 is 1.22 bits per heavy atom. The number of nitrogens with zero attached hydrogens (tertiary/aromatic N) is 1. The van der Waals surface area contributed by atoms with Gasteiger partial charge in [-0.1, -0.05) is 18.2 Å². The Kier molecular flexibility index (Phi) is 7.46. The van der Waals surface area contributed by atoms with Gasteiger partial charge in [0.2, 0.25) is 5.91 Å². The van der Waals surface area contributed by atoms with Crippen molar-refractivity contribution in [2.24, 2.45) is 5.92 Å². The van der Waals surface area contributed by atoms with Gasteiger partial charge in [-0.3, -0.25) is 14.5 Å². The molecule has 27 heavy (non-hydrogen) atoms. The summed E-state index contributed by atoms with van der Waals surface area (Å²) in [6.07, 6.45) is -3.55. The highest BCUT2D eigenvalue weighted by Crippen LogP contribution is 2.26. The molecule has 9 heteroatoms. The molecule has 1 fully saturated rings. The highest BCUT2D eigenvalue weighted by Gasteiger charge is 2.32. The van der Waals surface area contributed by atoms with Gasteiger partial charge in [0.25, 0.3) is 0 Å². The van der Waals surface area contributed by atoms with Gasteiger partial charge in [0.1, 0.15) is 5.75 Å². The lowest BCUT2D eigenvalue weighted by atomic mass is 9.97. The van der Waals surface area contributed by atoms with Crippen molar-refractivity contribution in [2.45, 2.75) is 32.7 Å². The molecule has 0 atom stereocenters. The Bertz CT molecular complexity index is 644. The van der Waals surface area contributed by atoms with Crippen molar-refractivity contribution in [3.63, 3.8) is 0 Å². The number of carbonyl (C=O) groups excluding carboxylic acids is 2. The lowest BCUT2D eigenvalue weighted by molar-refractivity contribution is -0.274. The number of esters is 1. The summed E-state index contributed by atoms with van der Waals surface area (Å²) in [5.74, 6) is -0.981. The van der Waals surface area contributed by atoms with E-state index in [-0.39, 0.29) is 42.2 Å². The largest absolute Gasteiger partial charge is 0.573 e. The average molecular weight is 388 g/mol. The number of amides is 1. The number of piperidine rings is 1. The maximum Gasteiger partial charge on any atom is 0.573 e. The van der Waals surface area contributed by atoms with Crippen LogP contribution in [0.3, 0.4) is 0 Å². The summed E-state index contributed by atoms with van der Waals surface area (Å²) in [7, 11) is 0. The molecule has 0 aliphatic carbocycles. The highest BCUT2D eigenvalue weighted by molar-refractivity contribution is 5.78. The molecule has 0 radical (unpaired) electrons. The standard InChI is InChI=1S/C18H23F3N2O4/c1-2-26-17(25)13-7-9-23(10-8-13)12-16(24)22-11-14-5-3-4-6-15(14)27-18(19,20)21/h3-6,13H,2,7-12H2,1H3,(H,22,24). The van der Waals surface area contributed by atoms with Crippen LogP contribution in [0, 0.1) is 5.92 Å². The Labute approximate surface area is 155 Å². The minimum atomic E-state index is -4.79. The van der Waals surface area contributed by atoms with Crippen molar-refractivity contribution < 1.29 is 32.2 Å². The first-order valence-corrected chi connectivity index (χ1v) is 8.78. The first-order valence-electron chi connectivity index (χ1n) is 8.78. The monoisotopic (exact) mass is 388 g/mol. The van der Waals surface area contributed by atoms with Gasteiger partial charge in [-0.15, -0.1) is 13.2 Å². The van der Waals surface area contributed by atoms with E-state index in [1.54, 1.807) is 13.0 Å². The molecule has 1 aliphatic heterocycles. The average Bonchev–Trinajstić information content (AvgIpc) is 2.60. The van der Waals surface area contributed by atoms with Crippen molar-refractivity contribution in [1.29, 1.82) is 0 Å². The van der Waals surface area contributed by atoms with Crippen LogP contribution in [-0.2, 0) is 20.9 Å². The van der Waals surface area contributed by atoms with Crippen LogP contribution in [0.2, 0.25) is 0 Å². The van der Waals surface area contributed by atoms with Crippen LogP contribution in [0.4, 0.5) is 13.2 Å². The van der Waals surface area contributed by atoms with Crippen LogP contribution in [0.1, 0.15) is 25.3 Å². The molecule has 1 saturated heterocycles. The lowest BCUT2D eigenvalue weighted by Crippen LogP contribution is -2.42. The normalized spacial score (nSPS) is 16.0. The van der Waals surface area contributed by atoms with Crippen LogP contribution < -0.4 is 10.1 Å². The molecule has 0 aromatic heterocycles. The van der Waals surface area contributed by atoms with Crippen LogP contribution in [-0.4, -0.2) is 49.4 Å². The van der Waals surface area contributed by atoms with Gasteiger partial charge in [-0.2, -0.15) is 0 Å². The molecule has 1 heterocycles. The zero-order valence-corrected chi connectivity index (χ0v) is 15.1. The summed E-state index contributed by atoms with van der Waals surface area (Å²) in [6, 6.07) is 5.67. The fraction of sp³-hybridized carbons (Fsp3) is 0.556. The number of para-hydroxylation sites is 1. The van der Waals surface area contributed by atoms with E-state index < -0.39 is 6.36 Å². The Morgan fingerprint density at radius 2 is 1.89 bits per heavy atom. The third-order valence-electron chi connectivity index (χ3n) is 4.25. The maximum absolute atomic E-state index is 12.4. The predicted octanol–water partition coefficient (Wildman–Crippen LogP) is 2.48. The smallest absolute Gasteiger partial charge is 0.466 e. The molecule has 2 rings (SSSR count). The minimum absolute atomic E-state index is 0.0651. The summed E-state index contributed by atoms with van der Waals surface area (Å²) < 4.78 is 46.2. The Morgan fingerprint density at radius 3 is 2.52 bits per heavy atom. The minimum Gasteiger partial charge on any atom is -0.466 e. The van der Waals surface area contributed by atoms with E-state index in [0.717, 1.165) is 0 Å². The molecule has 6 nitrogen and oxygen atoms in total. The molecule has 1 aromatic carbocycles. The van der Waals surface area contributed by atoms with Crippen molar-refractivity contribution in [1.82, 2.24) is 10.2 Å². The number of hydrogen-bond donors (Lipinski definition) is 1. The van der Waals surface area contributed by atoms with E-state index in [9.17, 15) is 22.8 Å². The fourth-order valence-corrected chi connectivity index (χ4v) is 2.91. The molecule has 1 amide bonds. The molecular weight excluding hydrogens is 365 g/mol. The summed E-state index contributed by atoms with van der Waals surface area (Å²) in [6.45, 7) is 3.34. The van der Waals surface area contributed by atoms with E-state index in [0.29, 0.717) is 32.5 Å². The van der Waals surface area contributed by atoms with Crippen LogP contribution in [0.15, 0.2) is 24.3 Å². The van der Waals surface area contributed by atoms with E-state index in [1.165, 1.54) is 18.2 Å². The summed E-state index contributed by atoms with van der Waals surface area (Å²) >= 11 is 0. The highest BCUT2D eigenvalue weighted by atomic mass is 19.4. The van der Waals surface area contributed by atoms with Gasteiger partial charge in [-0.25, -0.2) is 0 Å². The second kappa shape index (κ2) is 9.59. The topological polar surface area (TPSA) is 67.9 Å². The number of ether oxygens (including phenoxy) is 2. The first-order chi connectivity index (χ1) is 12.8. The van der Waals surface area contributed by atoms with Gasteiger partial charge in [-0.05, 0) is 38.9 Å². The summed E-state index contributed by atoms with van der Waals surface area (Å²) in [4.78, 5) is 25.7. The molecule has 0 unspecified atom stereocenters. The number of rotatable bonds is 7. The molecular formula is C18H23F3N2O4. The van der Waals surface area contributed by atoms with Crippen molar-refractivity contribution >= 4 is 11.9 Å². The number of carbonyl (C=O) groups is 2. The number of alkyl halides is 3. The van der Waals surface area contributed by atoms with E-state index >= 15 is 0 Å². The van der Waals surface area contributed by atoms with Gasteiger partial charge < -0.3 is 14.8 Å². The zero-order valence-electron chi connectivity index (χ0n) is 15.1. The molecule has 0 spiro atoms. The SMILES string of the molecule is CCOC(=O)C1CCN(CC(=O)NCc2ccccc2OC(F)(F)F)CC1. The number of likely N-dealkylation sites (tertiary alicyclic amines) is 1. The van der Waals surface area contributed by atoms with Gasteiger partial charge >= 0.3 is 12.3 Å². The quantitative estimate of drug-likeness (QED) is 0.727. The predicted molar refractivity (Wildman–Crippen MR) is 90.8 cm³/mol. The third kappa shape index (κ3) is 7.09. The number of halogens is 3. The van der Waals surface area contributed by atoms with Gasteiger partial charge in [0.15, 0.2) is 0 Å². The molecule has 1 N–H and O–H groups in total. The molecule has 0 bridgehead atoms. The van der Waals surface area contributed by atoms with E-state index in [2.05, 4.69) is 10.1 Å². The Balaban J connectivity index is 1.78. The lowest BCUT2D eigenvalue weighted by Gasteiger charge is -2.30. The number of hydrogen-bond acceptors (Lipinski definition) is 5. The van der Waals surface area contributed by atoms with Crippen molar-refractivity contribution in [3.8, 4) is 5.75 Å². The summed E-state index contributed by atoms with van der Waals surface area (Å²) in [5.41, 5.74) is 0.240. The van der Waals surface area contributed by atoms with E-state index in [1.807, 2.05) is 4.90 Å². The van der Waals surface area contributed by atoms with Crippen molar-refractivity contribution in [2.75, 3.05) is 26.2 Å². The second-order valence-electron chi connectivity index (χ2n) is 6.23.